The number of aliphatic carboxylic acids is 1. The normalized spacial score (nSPS) is 14.1. The molecular formula is C25H28F2N2O5. The number of nitrogens with one attached hydrogen (secondary N) is 2. The zero-order valence-electron chi connectivity index (χ0n) is 18.8. The molecule has 0 saturated carbocycles. The molecule has 2 aromatic carbocycles. The fourth-order valence-corrected chi connectivity index (χ4v) is 4.17. The summed E-state index contributed by atoms with van der Waals surface area (Å²) in [6.45, 7) is 1.73. The van der Waals surface area contributed by atoms with Gasteiger partial charge >= 0.3 is 12.1 Å². The Morgan fingerprint density at radius 1 is 1.00 bits per heavy atom. The Morgan fingerprint density at radius 2 is 1.59 bits per heavy atom. The predicted molar refractivity (Wildman–Crippen MR) is 122 cm³/mol. The molecule has 1 aliphatic rings. The maximum Gasteiger partial charge on any atom is 0.407 e. The zero-order valence-corrected chi connectivity index (χ0v) is 18.8. The summed E-state index contributed by atoms with van der Waals surface area (Å²) in [5.74, 6) is -2.03. The van der Waals surface area contributed by atoms with Gasteiger partial charge in [0, 0.05) is 24.8 Å². The second-order valence-electron chi connectivity index (χ2n) is 8.20. The van der Waals surface area contributed by atoms with E-state index in [9.17, 15) is 23.2 Å². The summed E-state index contributed by atoms with van der Waals surface area (Å²) in [5, 5.41) is 13.6. The van der Waals surface area contributed by atoms with Crippen LogP contribution in [0.1, 0.15) is 49.7 Å². The summed E-state index contributed by atoms with van der Waals surface area (Å²) in [4.78, 5) is 35.8. The van der Waals surface area contributed by atoms with Gasteiger partial charge in [0.05, 0.1) is 0 Å². The van der Waals surface area contributed by atoms with Gasteiger partial charge in [0.25, 0.3) is 0 Å². The van der Waals surface area contributed by atoms with Crippen molar-refractivity contribution in [2.24, 2.45) is 0 Å². The van der Waals surface area contributed by atoms with E-state index < -0.39 is 42.9 Å². The van der Waals surface area contributed by atoms with Crippen molar-refractivity contribution in [3.05, 3.63) is 59.7 Å². The highest BCUT2D eigenvalue weighted by atomic mass is 19.3. The van der Waals surface area contributed by atoms with Gasteiger partial charge in [-0.3, -0.25) is 9.59 Å². The van der Waals surface area contributed by atoms with Gasteiger partial charge in [-0.05, 0) is 35.1 Å². The van der Waals surface area contributed by atoms with Crippen molar-refractivity contribution in [1.82, 2.24) is 10.6 Å². The van der Waals surface area contributed by atoms with Gasteiger partial charge in [-0.2, -0.15) is 0 Å². The first-order chi connectivity index (χ1) is 16.3. The van der Waals surface area contributed by atoms with Gasteiger partial charge in [0.2, 0.25) is 12.3 Å². The maximum absolute atomic E-state index is 13.1. The van der Waals surface area contributed by atoms with Crippen molar-refractivity contribution in [3.63, 3.8) is 0 Å². The van der Waals surface area contributed by atoms with E-state index in [1.807, 2.05) is 48.5 Å². The quantitative estimate of drug-likeness (QED) is 0.450. The largest absolute Gasteiger partial charge is 0.481 e. The summed E-state index contributed by atoms with van der Waals surface area (Å²) in [6.07, 6.45) is -4.27. The van der Waals surface area contributed by atoms with E-state index in [1.54, 1.807) is 6.92 Å². The molecule has 0 radical (unpaired) electrons. The van der Waals surface area contributed by atoms with Gasteiger partial charge in [0.15, 0.2) is 0 Å². The highest BCUT2D eigenvalue weighted by Gasteiger charge is 2.31. The molecule has 2 atom stereocenters. The van der Waals surface area contributed by atoms with Gasteiger partial charge in [0.1, 0.15) is 12.6 Å². The number of alkyl carbamates (subject to hydrolysis) is 1. The summed E-state index contributed by atoms with van der Waals surface area (Å²) < 4.78 is 31.5. The monoisotopic (exact) mass is 474 g/mol. The molecule has 0 fully saturated rings. The molecule has 34 heavy (non-hydrogen) atoms. The average molecular weight is 475 g/mol. The van der Waals surface area contributed by atoms with E-state index in [4.69, 9.17) is 9.84 Å². The number of rotatable bonds is 11. The Balaban J connectivity index is 1.63. The molecule has 2 aromatic rings. The SMILES string of the molecule is CCC(CCC(=O)O)NC(=O)C(CC(F)F)NC(=O)OCC1c2ccccc2-c2ccccc21. The lowest BCUT2D eigenvalue weighted by molar-refractivity contribution is -0.137. The van der Waals surface area contributed by atoms with Crippen LogP contribution in [-0.2, 0) is 14.3 Å². The molecule has 0 heterocycles. The fourth-order valence-electron chi connectivity index (χ4n) is 4.17. The number of amides is 2. The topological polar surface area (TPSA) is 105 Å². The summed E-state index contributed by atoms with van der Waals surface area (Å²) in [7, 11) is 0. The second kappa shape index (κ2) is 11.6. The van der Waals surface area contributed by atoms with E-state index in [2.05, 4.69) is 10.6 Å². The Morgan fingerprint density at radius 3 is 2.12 bits per heavy atom. The molecular weight excluding hydrogens is 446 g/mol. The smallest absolute Gasteiger partial charge is 0.407 e. The van der Waals surface area contributed by atoms with Gasteiger partial charge in [-0.1, -0.05) is 55.5 Å². The Hall–Kier alpha value is -3.49. The summed E-state index contributed by atoms with van der Waals surface area (Å²) in [6, 6.07) is 13.5. The fraction of sp³-hybridized carbons (Fsp3) is 0.400. The van der Waals surface area contributed by atoms with E-state index in [0.29, 0.717) is 6.42 Å². The number of hydrogen-bond donors (Lipinski definition) is 3. The number of carboxylic acids is 1. The molecule has 2 unspecified atom stereocenters. The van der Waals surface area contributed by atoms with Crippen molar-refractivity contribution in [3.8, 4) is 11.1 Å². The Bertz CT molecular complexity index is 984. The van der Waals surface area contributed by atoms with E-state index >= 15 is 0 Å². The first kappa shape index (κ1) is 25.1. The molecule has 0 aliphatic heterocycles. The van der Waals surface area contributed by atoms with Crippen LogP contribution >= 0.6 is 0 Å². The molecule has 0 aromatic heterocycles. The standard InChI is InChI=1S/C25H28F2N2O5/c1-2-15(11-12-23(30)31)28-24(32)21(13-22(26)27)29-25(33)34-14-20-18-9-5-3-7-16(18)17-8-4-6-10-19(17)20/h3-10,15,20-22H,2,11-14H2,1H3,(H,28,32)(H,29,33)(H,30,31). The van der Waals surface area contributed by atoms with Crippen LogP contribution in [0.15, 0.2) is 48.5 Å². The van der Waals surface area contributed by atoms with Crippen molar-refractivity contribution in [2.75, 3.05) is 6.61 Å². The first-order valence-electron chi connectivity index (χ1n) is 11.2. The molecule has 182 valence electrons. The second-order valence-corrected chi connectivity index (χ2v) is 8.20. The van der Waals surface area contributed by atoms with Crippen molar-refractivity contribution >= 4 is 18.0 Å². The Labute approximate surface area is 196 Å². The van der Waals surface area contributed by atoms with Crippen LogP contribution < -0.4 is 10.6 Å². The van der Waals surface area contributed by atoms with Crippen LogP contribution in [-0.4, -0.2) is 48.2 Å². The molecule has 3 rings (SSSR count). The van der Waals surface area contributed by atoms with Gasteiger partial charge < -0.3 is 20.5 Å². The lowest BCUT2D eigenvalue weighted by Crippen LogP contribution is -2.50. The van der Waals surface area contributed by atoms with Crippen molar-refractivity contribution in [2.45, 2.75) is 57.0 Å². The van der Waals surface area contributed by atoms with Crippen LogP contribution in [0.4, 0.5) is 13.6 Å². The molecule has 2 amide bonds. The number of carbonyl (C=O) groups is 3. The molecule has 0 spiro atoms. The van der Waals surface area contributed by atoms with Crippen molar-refractivity contribution in [1.29, 1.82) is 0 Å². The summed E-state index contributed by atoms with van der Waals surface area (Å²) >= 11 is 0. The lowest BCUT2D eigenvalue weighted by Gasteiger charge is -2.22. The highest BCUT2D eigenvalue weighted by Crippen LogP contribution is 2.44. The average Bonchev–Trinajstić information content (AvgIpc) is 3.13. The minimum Gasteiger partial charge on any atom is -0.481 e. The third kappa shape index (κ3) is 6.30. The van der Waals surface area contributed by atoms with Crippen LogP contribution in [0, 0.1) is 0 Å². The molecule has 3 N–H and O–H groups in total. The molecule has 7 nitrogen and oxygen atoms in total. The van der Waals surface area contributed by atoms with Crippen LogP contribution in [0.3, 0.4) is 0 Å². The highest BCUT2D eigenvalue weighted by molar-refractivity contribution is 5.86. The van der Waals surface area contributed by atoms with E-state index in [0.717, 1.165) is 22.3 Å². The van der Waals surface area contributed by atoms with E-state index in [-0.39, 0.29) is 25.4 Å². The molecule has 9 heteroatoms. The number of halogens is 2. The van der Waals surface area contributed by atoms with Gasteiger partial charge in [-0.25, -0.2) is 13.6 Å². The molecule has 0 saturated heterocycles. The zero-order chi connectivity index (χ0) is 24.7. The Kier molecular flexibility index (Phi) is 8.56. The minimum absolute atomic E-state index is 0.0148. The molecule has 1 aliphatic carbocycles. The lowest BCUT2D eigenvalue weighted by atomic mass is 9.98. The maximum atomic E-state index is 13.1. The van der Waals surface area contributed by atoms with Crippen LogP contribution in [0.25, 0.3) is 11.1 Å². The van der Waals surface area contributed by atoms with E-state index in [1.165, 1.54) is 0 Å². The number of hydrogen-bond acceptors (Lipinski definition) is 4. The number of ether oxygens (including phenoxy) is 1. The van der Waals surface area contributed by atoms with Crippen molar-refractivity contribution < 1.29 is 33.0 Å². The van der Waals surface area contributed by atoms with Crippen LogP contribution in [0.2, 0.25) is 0 Å². The first-order valence-corrected chi connectivity index (χ1v) is 11.2. The number of carboxylic acid groups (broad SMARTS) is 1. The third-order valence-corrected chi connectivity index (χ3v) is 5.91. The number of carbonyl (C=O) groups excluding carboxylic acids is 2. The number of alkyl halides is 2. The number of fused-ring (bicyclic) bond motifs is 3. The predicted octanol–water partition coefficient (Wildman–Crippen LogP) is 4.31. The summed E-state index contributed by atoms with van der Waals surface area (Å²) in [5.41, 5.74) is 4.10. The minimum atomic E-state index is -2.83. The third-order valence-electron chi connectivity index (χ3n) is 5.91. The van der Waals surface area contributed by atoms with Crippen LogP contribution in [0.5, 0.6) is 0 Å². The molecule has 0 bridgehead atoms. The number of benzene rings is 2. The van der Waals surface area contributed by atoms with Gasteiger partial charge in [-0.15, -0.1) is 0 Å².